The molecule has 5 heteroatoms. The number of carboxylic acids is 1. The Kier molecular flexibility index (Phi) is 6.97. The van der Waals surface area contributed by atoms with Crippen LogP contribution in [-0.4, -0.2) is 29.1 Å². The van der Waals surface area contributed by atoms with Crippen molar-refractivity contribution in [3.8, 4) is 12.3 Å². The lowest BCUT2D eigenvalue weighted by Gasteiger charge is -2.18. The molecule has 4 N–H and O–H groups in total. The molecule has 16 heavy (non-hydrogen) atoms. The quantitative estimate of drug-likeness (QED) is 0.537. The fraction of sp³-hybridized carbons (Fsp3) is 0.636. The molecule has 0 saturated heterocycles. The summed E-state index contributed by atoms with van der Waals surface area (Å²) in [7, 11) is 0. The Morgan fingerprint density at radius 3 is 2.62 bits per heavy atom. The highest BCUT2D eigenvalue weighted by Gasteiger charge is 2.18. The van der Waals surface area contributed by atoms with Crippen LogP contribution in [0.4, 0.5) is 0 Å². The number of aliphatic carboxylic acids is 1. The maximum atomic E-state index is 11.5. The van der Waals surface area contributed by atoms with Gasteiger partial charge in [-0.15, -0.1) is 12.3 Å². The first kappa shape index (κ1) is 14.5. The average Bonchev–Trinajstić information content (AvgIpc) is 2.17. The molecule has 0 heterocycles. The van der Waals surface area contributed by atoms with Crippen LogP contribution >= 0.6 is 0 Å². The van der Waals surface area contributed by atoms with E-state index in [0.29, 0.717) is 6.42 Å². The molecule has 0 aromatic heterocycles. The fourth-order valence-corrected chi connectivity index (χ4v) is 1.31. The zero-order chi connectivity index (χ0) is 12.6. The minimum atomic E-state index is -0.940. The van der Waals surface area contributed by atoms with Crippen molar-refractivity contribution in [2.45, 2.75) is 44.7 Å². The van der Waals surface area contributed by atoms with E-state index in [4.69, 9.17) is 17.3 Å². The summed E-state index contributed by atoms with van der Waals surface area (Å²) in [6.45, 7) is 1.92. The van der Waals surface area contributed by atoms with Gasteiger partial charge in [0.1, 0.15) is 0 Å². The van der Waals surface area contributed by atoms with Gasteiger partial charge in [0.2, 0.25) is 5.91 Å². The zero-order valence-electron chi connectivity index (χ0n) is 9.40. The number of carbonyl (C=O) groups excluding carboxylic acids is 1. The van der Waals surface area contributed by atoms with Crippen LogP contribution in [0.1, 0.15) is 32.6 Å². The third-order valence-electron chi connectivity index (χ3n) is 2.08. The van der Waals surface area contributed by atoms with E-state index in [-0.39, 0.29) is 18.9 Å². The van der Waals surface area contributed by atoms with Crippen LogP contribution in [0, 0.1) is 12.3 Å². The average molecular weight is 226 g/mol. The van der Waals surface area contributed by atoms with Gasteiger partial charge in [0.05, 0.1) is 12.5 Å². The Morgan fingerprint density at radius 2 is 2.19 bits per heavy atom. The lowest BCUT2D eigenvalue weighted by molar-refractivity contribution is -0.137. The van der Waals surface area contributed by atoms with Crippen molar-refractivity contribution in [2.24, 2.45) is 5.73 Å². The molecule has 0 spiro atoms. The minimum absolute atomic E-state index is 0.0949. The van der Waals surface area contributed by atoms with Crippen LogP contribution in [0.5, 0.6) is 0 Å². The number of nitrogens with two attached hydrogens (primary N) is 1. The summed E-state index contributed by atoms with van der Waals surface area (Å²) < 4.78 is 0. The highest BCUT2D eigenvalue weighted by atomic mass is 16.4. The predicted molar refractivity (Wildman–Crippen MR) is 60.5 cm³/mol. The molecule has 0 aliphatic heterocycles. The van der Waals surface area contributed by atoms with E-state index < -0.39 is 17.9 Å². The van der Waals surface area contributed by atoms with Gasteiger partial charge in [-0.25, -0.2) is 0 Å². The summed E-state index contributed by atoms with van der Waals surface area (Å²) in [6, 6.07) is -1.14. The first-order valence-electron chi connectivity index (χ1n) is 5.22. The molecule has 0 aliphatic carbocycles. The first-order chi connectivity index (χ1) is 7.51. The summed E-state index contributed by atoms with van der Waals surface area (Å²) >= 11 is 0. The number of nitrogens with one attached hydrogen (secondary N) is 1. The van der Waals surface area contributed by atoms with Crippen molar-refractivity contribution in [3.05, 3.63) is 0 Å². The van der Waals surface area contributed by atoms with Crippen molar-refractivity contribution in [1.29, 1.82) is 0 Å². The highest BCUT2D eigenvalue weighted by Crippen LogP contribution is 2.02. The Balaban J connectivity index is 4.22. The van der Waals surface area contributed by atoms with E-state index in [1.807, 2.05) is 6.92 Å². The Morgan fingerprint density at radius 1 is 1.56 bits per heavy atom. The monoisotopic (exact) mass is 226 g/mol. The smallest absolute Gasteiger partial charge is 0.305 e. The Labute approximate surface area is 95.4 Å². The molecule has 0 aliphatic rings. The van der Waals surface area contributed by atoms with Crippen LogP contribution in [0.25, 0.3) is 0 Å². The molecule has 2 unspecified atom stereocenters. The lowest BCUT2D eigenvalue weighted by Crippen LogP contribution is -2.45. The SMILES string of the molecule is C#CCC(N)C(=O)NC(CCC)CC(=O)O. The minimum Gasteiger partial charge on any atom is -0.481 e. The van der Waals surface area contributed by atoms with Gasteiger partial charge in [0.15, 0.2) is 0 Å². The molecule has 5 nitrogen and oxygen atoms in total. The lowest BCUT2D eigenvalue weighted by atomic mass is 10.1. The topological polar surface area (TPSA) is 92.4 Å². The second-order valence-electron chi connectivity index (χ2n) is 3.61. The largest absolute Gasteiger partial charge is 0.481 e. The highest BCUT2D eigenvalue weighted by molar-refractivity contribution is 5.82. The maximum absolute atomic E-state index is 11.5. The van der Waals surface area contributed by atoms with E-state index in [1.54, 1.807) is 0 Å². The zero-order valence-corrected chi connectivity index (χ0v) is 9.40. The van der Waals surface area contributed by atoms with Gasteiger partial charge < -0.3 is 16.2 Å². The molecule has 90 valence electrons. The molecule has 0 aromatic carbocycles. The number of carboxylic acid groups (broad SMARTS) is 1. The summed E-state index contributed by atoms with van der Waals surface area (Å²) in [6.07, 6.45) is 6.50. The summed E-state index contributed by atoms with van der Waals surface area (Å²) in [4.78, 5) is 22.0. The first-order valence-corrected chi connectivity index (χ1v) is 5.22. The molecular weight excluding hydrogens is 208 g/mol. The molecule has 0 rings (SSSR count). The summed E-state index contributed by atoms with van der Waals surface area (Å²) in [5.41, 5.74) is 5.50. The molecular formula is C11H18N2O3. The van der Waals surface area contributed by atoms with Crippen molar-refractivity contribution in [1.82, 2.24) is 5.32 Å². The van der Waals surface area contributed by atoms with Gasteiger partial charge in [-0.3, -0.25) is 9.59 Å². The molecule has 0 saturated carbocycles. The van der Waals surface area contributed by atoms with Gasteiger partial charge in [-0.05, 0) is 6.42 Å². The van der Waals surface area contributed by atoms with Crippen molar-refractivity contribution < 1.29 is 14.7 Å². The van der Waals surface area contributed by atoms with Crippen LogP contribution < -0.4 is 11.1 Å². The fourth-order valence-electron chi connectivity index (χ4n) is 1.31. The molecule has 2 atom stereocenters. The van der Waals surface area contributed by atoms with Gasteiger partial charge in [0.25, 0.3) is 0 Å². The Bertz CT molecular complexity index is 283. The third-order valence-corrected chi connectivity index (χ3v) is 2.08. The third kappa shape index (κ3) is 6.04. The standard InChI is InChI=1S/C11H18N2O3/c1-3-5-8(7-10(14)15)13-11(16)9(12)6-4-2/h2,8-9H,3,5-7,12H2,1H3,(H,13,16)(H,14,15). The van der Waals surface area contributed by atoms with Crippen LogP contribution in [-0.2, 0) is 9.59 Å². The van der Waals surface area contributed by atoms with E-state index >= 15 is 0 Å². The number of amides is 1. The van der Waals surface area contributed by atoms with Gasteiger partial charge in [-0.2, -0.15) is 0 Å². The summed E-state index contributed by atoms with van der Waals surface area (Å²) in [5, 5.41) is 11.2. The number of hydrogen-bond acceptors (Lipinski definition) is 3. The van der Waals surface area contributed by atoms with Gasteiger partial charge in [0, 0.05) is 12.5 Å². The molecule has 0 aromatic rings. The van der Waals surface area contributed by atoms with Crippen molar-refractivity contribution in [3.63, 3.8) is 0 Å². The molecule has 0 bridgehead atoms. The van der Waals surface area contributed by atoms with Crippen molar-refractivity contribution in [2.75, 3.05) is 0 Å². The van der Waals surface area contributed by atoms with E-state index in [9.17, 15) is 9.59 Å². The van der Waals surface area contributed by atoms with Crippen molar-refractivity contribution >= 4 is 11.9 Å². The number of terminal acetylenes is 1. The van der Waals surface area contributed by atoms with Crippen LogP contribution in [0.2, 0.25) is 0 Å². The molecule has 0 fully saturated rings. The number of hydrogen-bond donors (Lipinski definition) is 3. The van der Waals surface area contributed by atoms with E-state index in [1.165, 1.54) is 0 Å². The normalized spacial score (nSPS) is 13.6. The number of rotatable bonds is 7. The second kappa shape index (κ2) is 7.71. The van der Waals surface area contributed by atoms with Gasteiger partial charge >= 0.3 is 5.97 Å². The van der Waals surface area contributed by atoms with Crippen LogP contribution in [0.15, 0.2) is 0 Å². The number of carbonyl (C=O) groups is 2. The van der Waals surface area contributed by atoms with E-state index in [2.05, 4.69) is 11.2 Å². The maximum Gasteiger partial charge on any atom is 0.305 e. The predicted octanol–water partition coefficient (Wildman–Crippen LogP) is 0.0966. The molecule has 1 amide bonds. The Hall–Kier alpha value is -1.54. The van der Waals surface area contributed by atoms with Crippen LogP contribution in [0.3, 0.4) is 0 Å². The summed E-state index contributed by atoms with van der Waals surface area (Å²) in [5.74, 6) is 0.961. The van der Waals surface area contributed by atoms with Gasteiger partial charge in [-0.1, -0.05) is 13.3 Å². The molecule has 0 radical (unpaired) electrons. The van der Waals surface area contributed by atoms with E-state index in [0.717, 1.165) is 6.42 Å². The second-order valence-corrected chi connectivity index (χ2v) is 3.61.